The molecule has 2 saturated heterocycles. The van der Waals surface area contributed by atoms with Crippen molar-refractivity contribution in [3.63, 3.8) is 0 Å². The first-order valence-corrected chi connectivity index (χ1v) is 6.72. The van der Waals surface area contributed by atoms with Gasteiger partial charge in [-0.15, -0.1) is 0 Å². The molecule has 0 aromatic carbocycles. The number of ether oxygens (including phenoxy) is 1. The minimum absolute atomic E-state index is 0.179. The molecule has 1 N–H and O–H groups in total. The summed E-state index contributed by atoms with van der Waals surface area (Å²) in [4.78, 5) is 38.1. The Hall–Kier alpha value is -1.79. The zero-order valence-electron chi connectivity index (χ0n) is 11.8. The smallest absolute Gasteiger partial charge is 0.320 e. The van der Waals surface area contributed by atoms with Crippen LogP contribution in [0.4, 0.5) is 4.79 Å². The minimum atomic E-state index is -0.873. The maximum Gasteiger partial charge on any atom is 0.320 e. The Balaban J connectivity index is 1.94. The lowest BCUT2D eigenvalue weighted by Gasteiger charge is -2.25. The zero-order chi connectivity index (χ0) is 14.9. The first kappa shape index (κ1) is 14.6. The maximum absolute atomic E-state index is 12.3. The SMILES string of the molecule is COC(=O)C1CCN(C(=O)N2CCC(C)(C(=O)O)C2)C1. The van der Waals surface area contributed by atoms with Gasteiger partial charge in [0.2, 0.25) is 0 Å². The van der Waals surface area contributed by atoms with Gasteiger partial charge in [-0.25, -0.2) is 4.79 Å². The third-order valence-corrected chi connectivity index (χ3v) is 4.25. The van der Waals surface area contributed by atoms with Crippen molar-refractivity contribution in [2.24, 2.45) is 11.3 Å². The molecule has 2 amide bonds. The molecule has 0 aromatic rings. The Morgan fingerprint density at radius 2 is 1.95 bits per heavy atom. The van der Waals surface area contributed by atoms with E-state index in [9.17, 15) is 19.5 Å². The first-order chi connectivity index (χ1) is 9.37. The normalized spacial score (nSPS) is 29.6. The molecule has 2 fully saturated rings. The van der Waals surface area contributed by atoms with Gasteiger partial charge >= 0.3 is 18.0 Å². The van der Waals surface area contributed by atoms with Crippen LogP contribution in [0.5, 0.6) is 0 Å². The van der Waals surface area contributed by atoms with E-state index in [1.54, 1.807) is 16.7 Å². The van der Waals surface area contributed by atoms with E-state index in [0.29, 0.717) is 32.5 Å². The van der Waals surface area contributed by atoms with E-state index >= 15 is 0 Å². The molecule has 112 valence electrons. The molecule has 2 aliphatic heterocycles. The van der Waals surface area contributed by atoms with Crippen LogP contribution in [0.3, 0.4) is 0 Å². The molecular weight excluding hydrogens is 264 g/mol. The second kappa shape index (κ2) is 5.30. The summed E-state index contributed by atoms with van der Waals surface area (Å²) < 4.78 is 4.68. The highest BCUT2D eigenvalue weighted by Gasteiger charge is 2.44. The number of methoxy groups -OCH3 is 1. The van der Waals surface area contributed by atoms with Gasteiger partial charge < -0.3 is 19.6 Å². The second-order valence-corrected chi connectivity index (χ2v) is 5.77. The van der Waals surface area contributed by atoms with Crippen molar-refractivity contribution in [1.29, 1.82) is 0 Å². The Kier molecular flexibility index (Phi) is 3.87. The fourth-order valence-corrected chi connectivity index (χ4v) is 2.79. The van der Waals surface area contributed by atoms with Crippen molar-refractivity contribution in [3.05, 3.63) is 0 Å². The number of urea groups is 1. The van der Waals surface area contributed by atoms with E-state index in [1.807, 2.05) is 0 Å². The van der Waals surface area contributed by atoms with Crippen LogP contribution in [-0.2, 0) is 14.3 Å². The number of amides is 2. The lowest BCUT2D eigenvalue weighted by atomic mass is 9.90. The molecule has 0 saturated carbocycles. The largest absolute Gasteiger partial charge is 0.481 e. The van der Waals surface area contributed by atoms with Gasteiger partial charge in [-0.1, -0.05) is 0 Å². The summed E-state index contributed by atoms with van der Waals surface area (Å²) in [7, 11) is 1.34. The van der Waals surface area contributed by atoms with Crippen molar-refractivity contribution in [2.75, 3.05) is 33.3 Å². The Morgan fingerprint density at radius 3 is 2.50 bits per heavy atom. The summed E-state index contributed by atoms with van der Waals surface area (Å²) in [5, 5.41) is 9.17. The molecule has 20 heavy (non-hydrogen) atoms. The molecule has 0 aliphatic carbocycles. The van der Waals surface area contributed by atoms with Crippen molar-refractivity contribution in [2.45, 2.75) is 19.8 Å². The van der Waals surface area contributed by atoms with E-state index in [4.69, 9.17) is 0 Å². The topological polar surface area (TPSA) is 87.2 Å². The molecule has 2 heterocycles. The molecule has 0 aromatic heterocycles. The lowest BCUT2D eigenvalue weighted by molar-refractivity contribution is -0.147. The number of carbonyl (C=O) groups excluding carboxylic acids is 2. The van der Waals surface area contributed by atoms with Crippen LogP contribution in [0, 0.1) is 11.3 Å². The van der Waals surface area contributed by atoms with E-state index in [-0.39, 0.29) is 24.5 Å². The second-order valence-electron chi connectivity index (χ2n) is 5.77. The molecule has 7 nitrogen and oxygen atoms in total. The van der Waals surface area contributed by atoms with Gasteiger partial charge in [-0.05, 0) is 19.8 Å². The Morgan fingerprint density at radius 1 is 1.25 bits per heavy atom. The van der Waals surface area contributed by atoms with E-state index in [2.05, 4.69) is 4.74 Å². The summed E-state index contributed by atoms with van der Waals surface area (Å²) in [6.07, 6.45) is 1.06. The number of carboxylic acid groups (broad SMARTS) is 1. The number of carbonyl (C=O) groups is 3. The molecule has 2 atom stereocenters. The number of carboxylic acids is 1. The van der Waals surface area contributed by atoms with Crippen LogP contribution in [0.2, 0.25) is 0 Å². The standard InChI is InChI=1S/C13H20N2O5/c1-13(11(17)18)4-6-15(8-13)12(19)14-5-3-9(7-14)10(16)20-2/h9H,3-8H2,1-2H3,(H,17,18). The summed E-state index contributed by atoms with van der Waals surface area (Å²) in [5.74, 6) is -1.43. The van der Waals surface area contributed by atoms with Crippen LogP contribution in [0.15, 0.2) is 0 Å². The molecule has 2 unspecified atom stereocenters. The number of likely N-dealkylation sites (tertiary alicyclic amines) is 2. The summed E-state index contributed by atoms with van der Waals surface area (Å²) in [6, 6.07) is -0.179. The number of hydrogen-bond donors (Lipinski definition) is 1. The summed E-state index contributed by atoms with van der Waals surface area (Å²) >= 11 is 0. The zero-order valence-corrected chi connectivity index (χ0v) is 11.8. The number of nitrogens with zero attached hydrogens (tertiary/aromatic N) is 2. The predicted octanol–water partition coefficient (Wildman–Crippen LogP) is 0.398. The summed E-state index contributed by atoms with van der Waals surface area (Å²) in [5.41, 5.74) is -0.864. The molecular formula is C13H20N2O5. The third kappa shape index (κ3) is 2.57. The molecule has 2 aliphatic rings. The molecule has 0 bridgehead atoms. The molecule has 0 spiro atoms. The minimum Gasteiger partial charge on any atom is -0.481 e. The highest BCUT2D eigenvalue weighted by Crippen LogP contribution is 2.31. The van der Waals surface area contributed by atoms with Gasteiger partial charge in [0.25, 0.3) is 0 Å². The fraction of sp³-hybridized carbons (Fsp3) is 0.769. The van der Waals surface area contributed by atoms with Crippen LogP contribution in [0.1, 0.15) is 19.8 Å². The van der Waals surface area contributed by atoms with Gasteiger partial charge in [0, 0.05) is 26.2 Å². The average Bonchev–Trinajstić information content (AvgIpc) is 3.04. The highest BCUT2D eigenvalue weighted by atomic mass is 16.5. The Bertz CT molecular complexity index is 438. The molecule has 0 radical (unpaired) electrons. The van der Waals surface area contributed by atoms with Gasteiger partial charge in [-0.2, -0.15) is 0 Å². The monoisotopic (exact) mass is 284 g/mol. The van der Waals surface area contributed by atoms with Crippen molar-refractivity contribution in [3.8, 4) is 0 Å². The van der Waals surface area contributed by atoms with Crippen molar-refractivity contribution in [1.82, 2.24) is 9.80 Å². The van der Waals surface area contributed by atoms with E-state index < -0.39 is 11.4 Å². The number of hydrogen-bond acceptors (Lipinski definition) is 4. The predicted molar refractivity (Wildman–Crippen MR) is 69.0 cm³/mol. The lowest BCUT2D eigenvalue weighted by Crippen LogP contribution is -2.43. The van der Waals surface area contributed by atoms with E-state index in [0.717, 1.165) is 0 Å². The quantitative estimate of drug-likeness (QED) is 0.742. The molecule has 7 heteroatoms. The fourth-order valence-electron chi connectivity index (χ4n) is 2.79. The first-order valence-electron chi connectivity index (χ1n) is 6.72. The van der Waals surface area contributed by atoms with Gasteiger partial charge in [0.1, 0.15) is 0 Å². The van der Waals surface area contributed by atoms with Gasteiger partial charge in [0.05, 0.1) is 18.4 Å². The average molecular weight is 284 g/mol. The number of aliphatic carboxylic acids is 1. The van der Waals surface area contributed by atoms with Crippen LogP contribution in [-0.4, -0.2) is 66.2 Å². The maximum atomic E-state index is 12.3. The van der Waals surface area contributed by atoms with Crippen LogP contribution < -0.4 is 0 Å². The highest BCUT2D eigenvalue weighted by molar-refractivity contribution is 5.81. The molecule has 2 rings (SSSR count). The number of rotatable bonds is 2. The van der Waals surface area contributed by atoms with E-state index in [1.165, 1.54) is 7.11 Å². The van der Waals surface area contributed by atoms with Gasteiger partial charge in [0.15, 0.2) is 0 Å². The summed E-state index contributed by atoms with van der Waals surface area (Å²) in [6.45, 7) is 3.19. The van der Waals surface area contributed by atoms with Gasteiger partial charge in [-0.3, -0.25) is 9.59 Å². The van der Waals surface area contributed by atoms with Crippen molar-refractivity contribution < 1.29 is 24.2 Å². The van der Waals surface area contributed by atoms with Crippen LogP contribution >= 0.6 is 0 Å². The number of esters is 1. The van der Waals surface area contributed by atoms with Crippen molar-refractivity contribution >= 4 is 18.0 Å². The van der Waals surface area contributed by atoms with Crippen LogP contribution in [0.25, 0.3) is 0 Å². The Labute approximate surface area is 117 Å². The third-order valence-electron chi connectivity index (χ3n) is 4.25.